The van der Waals surface area contributed by atoms with E-state index in [-0.39, 0.29) is 42.5 Å². The van der Waals surface area contributed by atoms with E-state index in [0.29, 0.717) is 24.1 Å². The SMILES string of the molecule is O=C(N[C@H]1C[C@H](OC(F)(F)F)C1)[C@@H]1CC[C@@H](n2cnc(-c3ccc(Cl)c(F)c3)c2)CO1. The van der Waals surface area contributed by atoms with Gasteiger partial charge in [-0.25, -0.2) is 9.37 Å². The summed E-state index contributed by atoms with van der Waals surface area (Å²) in [5.41, 5.74) is 1.19. The molecule has 1 saturated carbocycles. The zero-order valence-electron chi connectivity index (χ0n) is 16.2. The van der Waals surface area contributed by atoms with E-state index in [1.807, 2.05) is 4.57 Å². The van der Waals surface area contributed by atoms with Gasteiger partial charge in [0.2, 0.25) is 5.91 Å². The van der Waals surface area contributed by atoms with E-state index in [4.69, 9.17) is 16.3 Å². The molecule has 2 aromatic rings. The maximum Gasteiger partial charge on any atom is 0.522 e. The van der Waals surface area contributed by atoms with Crippen LogP contribution < -0.4 is 5.32 Å². The Balaban J connectivity index is 1.25. The molecule has 11 heteroatoms. The minimum atomic E-state index is -4.66. The Morgan fingerprint density at radius 2 is 2.06 bits per heavy atom. The average molecular weight is 462 g/mol. The second-order valence-electron chi connectivity index (χ2n) is 7.75. The fourth-order valence-electron chi connectivity index (χ4n) is 3.78. The van der Waals surface area contributed by atoms with Gasteiger partial charge < -0.3 is 14.6 Å². The highest BCUT2D eigenvalue weighted by Crippen LogP contribution is 2.31. The van der Waals surface area contributed by atoms with E-state index >= 15 is 0 Å². The first-order valence-electron chi connectivity index (χ1n) is 9.83. The van der Waals surface area contributed by atoms with E-state index in [0.717, 1.165) is 0 Å². The van der Waals surface area contributed by atoms with Crippen molar-refractivity contribution in [2.45, 2.75) is 56.3 Å². The molecule has 0 spiro atoms. The smallest absolute Gasteiger partial charge is 0.366 e. The van der Waals surface area contributed by atoms with Crippen molar-refractivity contribution in [2.24, 2.45) is 0 Å². The summed E-state index contributed by atoms with van der Waals surface area (Å²) in [6, 6.07) is 4.10. The van der Waals surface area contributed by atoms with E-state index < -0.39 is 24.4 Å². The second kappa shape index (κ2) is 8.76. The van der Waals surface area contributed by atoms with Gasteiger partial charge in [-0.15, -0.1) is 13.2 Å². The molecular weight excluding hydrogens is 442 g/mol. The molecule has 1 aromatic carbocycles. The summed E-state index contributed by atoms with van der Waals surface area (Å²) in [5.74, 6) is -0.844. The maximum atomic E-state index is 13.7. The number of halogens is 5. The number of alkyl halides is 3. The number of nitrogens with zero attached hydrogens (tertiary/aromatic N) is 2. The number of ether oxygens (including phenoxy) is 2. The molecule has 1 N–H and O–H groups in total. The van der Waals surface area contributed by atoms with Crippen molar-refractivity contribution in [1.29, 1.82) is 0 Å². The summed E-state index contributed by atoms with van der Waals surface area (Å²) in [6.07, 6.45) is -1.41. The number of carbonyl (C=O) groups excluding carboxylic acids is 1. The highest BCUT2D eigenvalue weighted by molar-refractivity contribution is 6.30. The fraction of sp³-hybridized carbons (Fsp3) is 0.500. The van der Waals surface area contributed by atoms with Crippen molar-refractivity contribution in [2.75, 3.05) is 6.61 Å². The molecule has 168 valence electrons. The number of nitrogens with one attached hydrogen (secondary N) is 1. The fourth-order valence-corrected chi connectivity index (χ4v) is 3.90. The first-order valence-corrected chi connectivity index (χ1v) is 10.2. The molecule has 1 amide bonds. The number of amides is 1. The quantitative estimate of drug-likeness (QED) is 0.676. The van der Waals surface area contributed by atoms with Crippen LogP contribution in [0.1, 0.15) is 31.7 Å². The third kappa shape index (κ3) is 5.36. The lowest BCUT2D eigenvalue weighted by molar-refractivity contribution is -0.351. The van der Waals surface area contributed by atoms with Crippen LogP contribution in [0.2, 0.25) is 5.02 Å². The predicted molar refractivity (Wildman–Crippen MR) is 103 cm³/mol. The van der Waals surface area contributed by atoms with E-state index in [9.17, 15) is 22.4 Å². The number of benzene rings is 1. The molecule has 6 nitrogen and oxygen atoms in total. The Hall–Kier alpha value is -2.17. The number of carbonyl (C=O) groups is 1. The number of imidazole rings is 1. The molecular formula is C20H20ClF4N3O3. The van der Waals surface area contributed by atoms with Crippen LogP contribution in [0.4, 0.5) is 17.6 Å². The van der Waals surface area contributed by atoms with Crippen LogP contribution in [0.15, 0.2) is 30.7 Å². The molecule has 0 bridgehead atoms. The zero-order chi connectivity index (χ0) is 22.2. The molecule has 0 unspecified atom stereocenters. The number of hydrogen-bond acceptors (Lipinski definition) is 4. The van der Waals surface area contributed by atoms with Crippen molar-refractivity contribution in [3.05, 3.63) is 41.6 Å². The van der Waals surface area contributed by atoms with Crippen molar-refractivity contribution >= 4 is 17.5 Å². The minimum absolute atomic E-state index is 0.0317. The standard InChI is InChI=1S/C20H20ClF4N3O3/c21-15-3-1-11(5-16(15)22)17-8-28(10-26-17)13-2-4-18(30-9-13)19(29)27-12-6-14(7-12)31-20(23,24)25/h1,3,5,8,10,12-14,18H,2,4,6-7,9H2,(H,27,29)/t12-,13-,14-,18+/m1/s1. The molecule has 1 saturated heterocycles. The largest absolute Gasteiger partial charge is 0.522 e. The number of hydrogen-bond donors (Lipinski definition) is 1. The van der Waals surface area contributed by atoms with Crippen molar-refractivity contribution in [1.82, 2.24) is 14.9 Å². The third-order valence-corrected chi connectivity index (χ3v) is 5.83. The highest BCUT2D eigenvalue weighted by atomic mass is 35.5. The van der Waals surface area contributed by atoms with Gasteiger partial charge in [0.05, 0.1) is 35.8 Å². The van der Waals surface area contributed by atoms with E-state index in [1.54, 1.807) is 18.6 Å². The Kier molecular flexibility index (Phi) is 6.23. The Labute approximate surface area is 180 Å². The molecule has 2 fully saturated rings. The van der Waals surface area contributed by atoms with Gasteiger partial charge >= 0.3 is 6.36 Å². The van der Waals surface area contributed by atoms with Crippen LogP contribution in [-0.2, 0) is 14.3 Å². The van der Waals surface area contributed by atoms with Gasteiger partial charge in [0.1, 0.15) is 11.9 Å². The van der Waals surface area contributed by atoms with Gasteiger partial charge in [-0.2, -0.15) is 0 Å². The summed E-state index contributed by atoms with van der Waals surface area (Å²) in [5, 5.41) is 2.76. The number of rotatable bonds is 5. The van der Waals surface area contributed by atoms with Gasteiger partial charge in [0.25, 0.3) is 0 Å². The molecule has 1 aliphatic carbocycles. The monoisotopic (exact) mass is 461 g/mol. The van der Waals surface area contributed by atoms with Crippen molar-refractivity contribution in [3.63, 3.8) is 0 Å². The van der Waals surface area contributed by atoms with Crippen LogP contribution >= 0.6 is 11.6 Å². The Morgan fingerprint density at radius 1 is 1.29 bits per heavy atom. The molecule has 1 aliphatic heterocycles. The normalized spacial score (nSPS) is 26.4. The summed E-state index contributed by atoms with van der Waals surface area (Å²) in [7, 11) is 0. The van der Waals surface area contributed by atoms with Gasteiger partial charge in [-0.3, -0.25) is 9.53 Å². The summed E-state index contributed by atoms with van der Waals surface area (Å²) >= 11 is 5.71. The lowest BCUT2D eigenvalue weighted by atomic mass is 9.89. The topological polar surface area (TPSA) is 65.4 Å². The Morgan fingerprint density at radius 3 is 2.71 bits per heavy atom. The highest BCUT2D eigenvalue weighted by Gasteiger charge is 2.41. The van der Waals surface area contributed by atoms with E-state index in [1.165, 1.54) is 12.1 Å². The Bertz CT molecular complexity index is 938. The van der Waals surface area contributed by atoms with Crippen LogP contribution in [0.3, 0.4) is 0 Å². The lowest BCUT2D eigenvalue weighted by Gasteiger charge is -2.37. The molecule has 2 atom stereocenters. The van der Waals surface area contributed by atoms with Crippen molar-refractivity contribution in [3.8, 4) is 11.3 Å². The van der Waals surface area contributed by atoms with Gasteiger partial charge in [0.15, 0.2) is 0 Å². The maximum absolute atomic E-state index is 13.7. The van der Waals surface area contributed by atoms with Crippen LogP contribution in [0.25, 0.3) is 11.3 Å². The molecule has 31 heavy (non-hydrogen) atoms. The molecule has 0 radical (unpaired) electrons. The predicted octanol–water partition coefficient (Wildman–Crippen LogP) is 4.25. The summed E-state index contributed by atoms with van der Waals surface area (Å²) < 4.78 is 61.6. The second-order valence-corrected chi connectivity index (χ2v) is 8.16. The summed E-state index contributed by atoms with van der Waals surface area (Å²) in [6.45, 7) is 0.285. The molecule has 1 aromatic heterocycles. The van der Waals surface area contributed by atoms with Crippen LogP contribution in [0.5, 0.6) is 0 Å². The van der Waals surface area contributed by atoms with Gasteiger partial charge in [-0.05, 0) is 37.8 Å². The summed E-state index contributed by atoms with van der Waals surface area (Å²) in [4.78, 5) is 16.6. The van der Waals surface area contributed by atoms with E-state index in [2.05, 4.69) is 15.0 Å². The molecule has 2 aliphatic rings. The van der Waals surface area contributed by atoms with Gasteiger partial charge in [0, 0.05) is 17.8 Å². The molecule has 2 heterocycles. The zero-order valence-corrected chi connectivity index (χ0v) is 17.0. The van der Waals surface area contributed by atoms with Gasteiger partial charge in [-0.1, -0.05) is 17.7 Å². The third-order valence-electron chi connectivity index (χ3n) is 5.52. The number of aromatic nitrogens is 2. The minimum Gasteiger partial charge on any atom is -0.366 e. The first-order chi connectivity index (χ1) is 14.7. The van der Waals surface area contributed by atoms with Crippen LogP contribution in [0, 0.1) is 5.82 Å². The lowest BCUT2D eigenvalue weighted by Crippen LogP contribution is -2.52. The van der Waals surface area contributed by atoms with Crippen molar-refractivity contribution < 1.29 is 31.8 Å². The molecule has 4 rings (SSSR count). The first kappa shape index (κ1) is 22.0. The average Bonchev–Trinajstić information content (AvgIpc) is 3.18. The van der Waals surface area contributed by atoms with Crippen LogP contribution in [-0.4, -0.2) is 46.7 Å².